The van der Waals surface area contributed by atoms with Crippen LogP contribution in [0.2, 0.25) is 0 Å². The molecule has 3 amide bonds. The first-order valence-electron chi connectivity index (χ1n) is 9.97. The second-order valence-electron chi connectivity index (χ2n) is 7.75. The molecule has 0 bridgehead atoms. The topological polar surface area (TPSA) is 92.8 Å². The number of esters is 1. The average molecular weight is 376 g/mol. The van der Waals surface area contributed by atoms with E-state index in [1.165, 1.54) is 19.8 Å². The Morgan fingerprint density at radius 2 is 1.63 bits per heavy atom. The molecule has 3 aliphatic rings. The van der Waals surface area contributed by atoms with Crippen molar-refractivity contribution in [3.05, 3.63) is 12.2 Å². The van der Waals surface area contributed by atoms with Gasteiger partial charge in [-0.3, -0.25) is 24.1 Å². The Hall–Kier alpha value is -2.18. The number of likely N-dealkylation sites (tertiary alicyclic amines) is 1. The predicted octanol–water partition coefficient (Wildman–Crippen LogP) is 1.71. The van der Waals surface area contributed by atoms with Gasteiger partial charge in [0, 0.05) is 6.04 Å². The third-order valence-corrected chi connectivity index (χ3v) is 5.77. The molecule has 3 rings (SSSR count). The molecule has 2 aliphatic carbocycles. The Morgan fingerprint density at radius 3 is 2.19 bits per heavy atom. The predicted molar refractivity (Wildman–Crippen MR) is 97.3 cm³/mol. The van der Waals surface area contributed by atoms with Gasteiger partial charge in [-0.05, 0) is 32.6 Å². The lowest BCUT2D eigenvalue weighted by molar-refractivity contribution is -0.159. The second-order valence-corrected chi connectivity index (χ2v) is 7.75. The molecule has 0 unspecified atom stereocenters. The highest BCUT2D eigenvalue weighted by molar-refractivity contribution is 6.07. The molecule has 7 heteroatoms. The molecule has 2 fully saturated rings. The summed E-state index contributed by atoms with van der Waals surface area (Å²) in [6.07, 6.45) is 10.4. The number of ether oxygens (including phenoxy) is 1. The van der Waals surface area contributed by atoms with E-state index in [1.807, 2.05) is 12.2 Å². The van der Waals surface area contributed by atoms with Crippen LogP contribution in [0.3, 0.4) is 0 Å². The number of amides is 3. The number of hydrogen-bond donors (Lipinski definition) is 1. The fourth-order valence-corrected chi connectivity index (χ4v) is 4.18. The van der Waals surface area contributed by atoms with E-state index < -0.39 is 18.6 Å². The number of allylic oxidation sites excluding steroid dienone is 2. The molecule has 1 saturated heterocycles. The lowest BCUT2D eigenvalue weighted by atomic mass is 9.85. The van der Waals surface area contributed by atoms with E-state index in [1.54, 1.807) is 0 Å². The van der Waals surface area contributed by atoms with Crippen molar-refractivity contribution in [3.8, 4) is 0 Å². The van der Waals surface area contributed by atoms with Gasteiger partial charge in [0.05, 0.1) is 11.8 Å². The zero-order valence-corrected chi connectivity index (χ0v) is 15.8. The lowest BCUT2D eigenvalue weighted by Crippen LogP contribution is -2.43. The second kappa shape index (κ2) is 8.67. The highest BCUT2D eigenvalue weighted by atomic mass is 16.5. The molecule has 1 N–H and O–H groups in total. The standard InChI is InChI=1S/C20H28N2O5/c1-13(18(24)21-14-8-4-2-3-5-9-14)27-17(23)12-22-19(25)15-10-6-7-11-16(15)20(22)26/h6-7,13-16H,2-5,8-12H2,1H3,(H,21,24)/t13-,15+,16+/m1/s1. The summed E-state index contributed by atoms with van der Waals surface area (Å²) in [4.78, 5) is 50.2. The summed E-state index contributed by atoms with van der Waals surface area (Å²) in [6.45, 7) is 1.09. The normalized spacial score (nSPS) is 27.1. The summed E-state index contributed by atoms with van der Waals surface area (Å²) < 4.78 is 5.18. The molecule has 148 valence electrons. The summed E-state index contributed by atoms with van der Waals surface area (Å²) in [5.74, 6) is -2.43. The molecule has 0 spiro atoms. The van der Waals surface area contributed by atoms with Crippen LogP contribution in [0.15, 0.2) is 12.2 Å². The number of rotatable bonds is 5. The average Bonchev–Trinajstić information content (AvgIpc) is 2.84. The largest absolute Gasteiger partial charge is 0.451 e. The number of imide groups is 1. The number of nitrogens with zero attached hydrogens (tertiary/aromatic N) is 1. The van der Waals surface area contributed by atoms with Gasteiger partial charge < -0.3 is 10.1 Å². The van der Waals surface area contributed by atoms with Crippen LogP contribution in [0, 0.1) is 11.8 Å². The van der Waals surface area contributed by atoms with E-state index >= 15 is 0 Å². The van der Waals surface area contributed by atoms with E-state index in [0.717, 1.165) is 30.6 Å². The van der Waals surface area contributed by atoms with E-state index in [-0.39, 0.29) is 35.6 Å². The van der Waals surface area contributed by atoms with Crippen LogP contribution < -0.4 is 5.32 Å². The van der Waals surface area contributed by atoms with Gasteiger partial charge in [0.2, 0.25) is 11.8 Å². The van der Waals surface area contributed by atoms with Crippen molar-refractivity contribution in [2.45, 2.75) is 70.4 Å². The molecule has 0 aromatic rings. The van der Waals surface area contributed by atoms with Crippen LogP contribution in [0.25, 0.3) is 0 Å². The SMILES string of the molecule is C[C@@H](OC(=O)CN1C(=O)[C@H]2CC=CC[C@@H]2C1=O)C(=O)NC1CCCCCC1. The highest BCUT2D eigenvalue weighted by Gasteiger charge is 2.47. The van der Waals surface area contributed by atoms with Crippen LogP contribution in [-0.4, -0.2) is 47.3 Å². The Balaban J connectivity index is 1.49. The van der Waals surface area contributed by atoms with Gasteiger partial charge in [0.1, 0.15) is 6.54 Å². The maximum atomic E-state index is 12.4. The zero-order chi connectivity index (χ0) is 19.4. The number of fused-ring (bicyclic) bond motifs is 1. The van der Waals surface area contributed by atoms with Crippen LogP contribution in [0.4, 0.5) is 0 Å². The van der Waals surface area contributed by atoms with Gasteiger partial charge in [0.15, 0.2) is 6.10 Å². The fourth-order valence-electron chi connectivity index (χ4n) is 4.18. The van der Waals surface area contributed by atoms with Gasteiger partial charge >= 0.3 is 5.97 Å². The van der Waals surface area contributed by atoms with E-state index in [4.69, 9.17) is 4.74 Å². The van der Waals surface area contributed by atoms with Crippen LogP contribution in [0.5, 0.6) is 0 Å². The minimum atomic E-state index is -0.947. The first kappa shape index (κ1) is 19.6. The van der Waals surface area contributed by atoms with Gasteiger partial charge in [-0.15, -0.1) is 0 Å². The Morgan fingerprint density at radius 1 is 1.07 bits per heavy atom. The van der Waals surface area contributed by atoms with Crippen molar-refractivity contribution in [3.63, 3.8) is 0 Å². The molecule has 1 saturated carbocycles. The van der Waals surface area contributed by atoms with Crippen molar-refractivity contribution in [1.29, 1.82) is 0 Å². The summed E-state index contributed by atoms with van der Waals surface area (Å²) in [7, 11) is 0. The zero-order valence-electron chi connectivity index (χ0n) is 15.8. The summed E-state index contributed by atoms with van der Waals surface area (Å²) in [6, 6.07) is 0.124. The molecule has 1 aliphatic heterocycles. The van der Waals surface area contributed by atoms with Gasteiger partial charge in [-0.1, -0.05) is 37.8 Å². The van der Waals surface area contributed by atoms with Crippen molar-refractivity contribution in [2.24, 2.45) is 11.8 Å². The molecule has 0 radical (unpaired) electrons. The maximum Gasteiger partial charge on any atom is 0.326 e. The molecule has 3 atom stereocenters. The lowest BCUT2D eigenvalue weighted by Gasteiger charge is -2.20. The van der Waals surface area contributed by atoms with Crippen LogP contribution in [-0.2, 0) is 23.9 Å². The quantitative estimate of drug-likeness (QED) is 0.341. The maximum absolute atomic E-state index is 12.4. The molecular formula is C20H28N2O5. The third kappa shape index (κ3) is 4.57. The minimum absolute atomic E-state index is 0.124. The first-order valence-corrected chi connectivity index (χ1v) is 9.97. The fraction of sp³-hybridized carbons (Fsp3) is 0.700. The number of hydrogen-bond acceptors (Lipinski definition) is 5. The van der Waals surface area contributed by atoms with Crippen molar-refractivity contribution >= 4 is 23.7 Å². The molecule has 7 nitrogen and oxygen atoms in total. The molecule has 27 heavy (non-hydrogen) atoms. The molecule has 0 aromatic heterocycles. The number of carbonyl (C=O) groups is 4. The summed E-state index contributed by atoms with van der Waals surface area (Å²) in [5, 5.41) is 2.94. The molecular weight excluding hydrogens is 348 g/mol. The highest BCUT2D eigenvalue weighted by Crippen LogP contribution is 2.34. The first-order chi connectivity index (χ1) is 13.0. The summed E-state index contributed by atoms with van der Waals surface area (Å²) in [5.41, 5.74) is 0. The van der Waals surface area contributed by atoms with E-state index in [0.29, 0.717) is 12.8 Å². The van der Waals surface area contributed by atoms with Gasteiger partial charge in [-0.2, -0.15) is 0 Å². The van der Waals surface area contributed by atoms with Crippen molar-refractivity contribution in [1.82, 2.24) is 10.2 Å². The van der Waals surface area contributed by atoms with E-state index in [9.17, 15) is 19.2 Å². The molecule has 0 aromatic carbocycles. The van der Waals surface area contributed by atoms with Crippen LogP contribution in [0.1, 0.15) is 58.3 Å². The van der Waals surface area contributed by atoms with Crippen LogP contribution >= 0.6 is 0 Å². The van der Waals surface area contributed by atoms with Gasteiger partial charge in [-0.25, -0.2) is 0 Å². The summed E-state index contributed by atoms with van der Waals surface area (Å²) >= 11 is 0. The number of carbonyl (C=O) groups excluding carboxylic acids is 4. The van der Waals surface area contributed by atoms with Crippen molar-refractivity contribution < 1.29 is 23.9 Å². The van der Waals surface area contributed by atoms with Gasteiger partial charge in [0.25, 0.3) is 5.91 Å². The van der Waals surface area contributed by atoms with Crippen molar-refractivity contribution in [2.75, 3.05) is 6.54 Å². The monoisotopic (exact) mass is 376 g/mol. The van der Waals surface area contributed by atoms with E-state index in [2.05, 4.69) is 5.32 Å². The minimum Gasteiger partial charge on any atom is -0.451 e. The molecule has 1 heterocycles. The smallest absolute Gasteiger partial charge is 0.326 e. The Labute approximate surface area is 159 Å². The number of nitrogens with one attached hydrogen (secondary N) is 1. The Kier molecular flexibility index (Phi) is 6.29. The Bertz CT molecular complexity index is 610. The third-order valence-electron chi connectivity index (χ3n) is 5.77.